The molecular weight excluding hydrogens is 394 g/mol. The summed E-state index contributed by atoms with van der Waals surface area (Å²) in [5.41, 5.74) is 8.02. The highest BCUT2D eigenvalue weighted by molar-refractivity contribution is 6.96. The lowest BCUT2D eigenvalue weighted by Crippen LogP contribution is -2.55. The number of rotatable bonds is 6. The van der Waals surface area contributed by atoms with E-state index in [4.69, 9.17) is 0 Å². The molecule has 0 fully saturated rings. The van der Waals surface area contributed by atoms with Crippen LogP contribution in [0.2, 0.25) is 0 Å². The topological polar surface area (TPSA) is 9.72 Å². The van der Waals surface area contributed by atoms with Crippen molar-refractivity contribution in [3.63, 3.8) is 0 Å². The Balaban J connectivity index is 2.37. The predicted molar refractivity (Wildman–Crippen MR) is 141 cm³/mol. The second-order valence-electron chi connectivity index (χ2n) is 8.91. The highest BCUT2D eigenvalue weighted by Crippen LogP contribution is 2.21. The monoisotopic (exact) mass is 430 g/mol. The molecule has 0 aromatic heterocycles. The maximum Gasteiger partial charge on any atom is 0.155 e. The van der Waals surface area contributed by atoms with E-state index in [1.807, 2.05) is 0 Å². The van der Waals surface area contributed by atoms with E-state index in [2.05, 4.69) is 132 Å². The van der Waals surface area contributed by atoms with E-state index in [1.54, 1.807) is 0 Å². The van der Waals surface area contributed by atoms with Gasteiger partial charge in [-0.25, -0.2) is 0 Å². The van der Waals surface area contributed by atoms with Crippen LogP contribution in [0.4, 0.5) is 17.1 Å². The molecule has 0 N–H and O–H groups in total. The molecule has 1 radical (unpaired) electrons. The van der Waals surface area contributed by atoms with Gasteiger partial charge in [0.2, 0.25) is 0 Å². The van der Waals surface area contributed by atoms with E-state index in [0.29, 0.717) is 0 Å². The van der Waals surface area contributed by atoms with Crippen LogP contribution in [0.5, 0.6) is 0 Å². The van der Waals surface area contributed by atoms with Crippen LogP contribution in [0.15, 0.2) is 54.6 Å². The maximum atomic E-state index is 2.35. The van der Waals surface area contributed by atoms with E-state index in [1.165, 1.54) is 49.3 Å². The van der Waals surface area contributed by atoms with Crippen LogP contribution in [0, 0.1) is 20.8 Å². The zero-order valence-electron chi connectivity index (χ0n) is 20.5. The fourth-order valence-corrected chi connectivity index (χ4v) is 7.74. The van der Waals surface area contributed by atoms with Crippen molar-refractivity contribution in [2.75, 3.05) is 57.0 Å². The highest BCUT2D eigenvalue weighted by atomic mass is 28.3. The largest absolute Gasteiger partial charge is 0.377 e. The molecule has 3 aromatic rings. The Hall–Kier alpha value is -2.72. The van der Waals surface area contributed by atoms with Crippen LogP contribution in [-0.4, -0.2) is 51.1 Å². The summed E-state index contributed by atoms with van der Waals surface area (Å²) in [7, 11) is 11.6. The minimum absolute atomic E-state index is 1.21. The summed E-state index contributed by atoms with van der Waals surface area (Å²) in [5.74, 6) is 0. The average Bonchev–Trinajstić information content (AvgIpc) is 2.71. The average molecular weight is 431 g/mol. The summed E-state index contributed by atoms with van der Waals surface area (Å²) in [6.07, 6.45) is 0. The van der Waals surface area contributed by atoms with Gasteiger partial charge in [-0.1, -0.05) is 36.4 Å². The summed E-state index contributed by atoms with van der Waals surface area (Å²) in [6, 6.07) is 20.4. The molecule has 0 unspecified atom stereocenters. The van der Waals surface area contributed by atoms with Gasteiger partial charge in [0.1, 0.15) is 0 Å². The number of nitrogens with zero attached hydrogens (tertiary/aromatic N) is 3. The van der Waals surface area contributed by atoms with Gasteiger partial charge in [-0.2, -0.15) is 0 Å². The van der Waals surface area contributed by atoms with Gasteiger partial charge in [0, 0.05) is 59.3 Å². The molecule has 0 aliphatic heterocycles. The van der Waals surface area contributed by atoms with Gasteiger partial charge in [-0.15, -0.1) is 0 Å². The lowest BCUT2D eigenvalue weighted by Gasteiger charge is -2.28. The van der Waals surface area contributed by atoms with E-state index >= 15 is 0 Å². The first-order chi connectivity index (χ1) is 14.6. The Labute approximate surface area is 190 Å². The molecule has 3 nitrogen and oxygen atoms in total. The Bertz CT molecular complexity index is 933. The molecule has 0 heterocycles. The number of hydrogen-bond donors (Lipinski definition) is 0. The Morgan fingerprint density at radius 1 is 0.452 bits per heavy atom. The van der Waals surface area contributed by atoms with Crippen molar-refractivity contribution in [1.82, 2.24) is 0 Å². The Morgan fingerprint density at radius 2 is 0.710 bits per heavy atom. The van der Waals surface area contributed by atoms with Crippen LogP contribution in [0.1, 0.15) is 16.7 Å². The van der Waals surface area contributed by atoms with Crippen LogP contribution in [-0.2, 0) is 0 Å². The van der Waals surface area contributed by atoms with Crippen molar-refractivity contribution in [3.05, 3.63) is 71.3 Å². The first-order valence-corrected chi connectivity index (χ1v) is 12.3. The third kappa shape index (κ3) is 4.35. The van der Waals surface area contributed by atoms with E-state index in [0.717, 1.165) is 0 Å². The molecule has 0 aliphatic rings. The van der Waals surface area contributed by atoms with Gasteiger partial charge in [-0.3, -0.25) is 0 Å². The van der Waals surface area contributed by atoms with Crippen LogP contribution < -0.4 is 30.3 Å². The van der Waals surface area contributed by atoms with Crippen molar-refractivity contribution in [2.24, 2.45) is 0 Å². The SMILES string of the molecule is Cc1c(N(C)C)cccc1[Si](c1cccc(N(C)C)c1C)c1cccc(N(C)C)c1C. The van der Waals surface area contributed by atoms with Crippen LogP contribution in [0.25, 0.3) is 0 Å². The van der Waals surface area contributed by atoms with Gasteiger partial charge < -0.3 is 14.7 Å². The summed E-state index contributed by atoms with van der Waals surface area (Å²) in [5, 5.41) is 4.40. The fourth-order valence-electron chi connectivity index (χ4n) is 4.57. The summed E-state index contributed by atoms with van der Waals surface area (Å²) in [4.78, 5) is 6.68. The van der Waals surface area contributed by atoms with Gasteiger partial charge in [0.15, 0.2) is 8.80 Å². The van der Waals surface area contributed by atoms with Gasteiger partial charge >= 0.3 is 0 Å². The van der Waals surface area contributed by atoms with Crippen LogP contribution in [0.3, 0.4) is 0 Å². The number of anilines is 3. The lowest BCUT2D eigenvalue weighted by molar-refractivity contribution is 1.12. The molecule has 0 saturated heterocycles. The van der Waals surface area contributed by atoms with E-state index < -0.39 is 8.80 Å². The molecule has 0 bridgehead atoms. The molecule has 0 saturated carbocycles. The summed E-state index contributed by atoms with van der Waals surface area (Å²) < 4.78 is 0. The van der Waals surface area contributed by atoms with Crippen molar-refractivity contribution in [3.8, 4) is 0 Å². The molecule has 3 aromatic carbocycles. The van der Waals surface area contributed by atoms with Crippen molar-refractivity contribution >= 4 is 41.4 Å². The highest BCUT2D eigenvalue weighted by Gasteiger charge is 2.27. The van der Waals surface area contributed by atoms with E-state index in [-0.39, 0.29) is 0 Å². The molecule has 3 rings (SSSR count). The second kappa shape index (κ2) is 9.19. The maximum absolute atomic E-state index is 2.35. The molecule has 0 aliphatic carbocycles. The van der Waals surface area contributed by atoms with Crippen molar-refractivity contribution in [2.45, 2.75) is 20.8 Å². The summed E-state index contributed by atoms with van der Waals surface area (Å²) >= 11 is 0. The van der Waals surface area contributed by atoms with Gasteiger partial charge in [-0.05, 0) is 71.2 Å². The van der Waals surface area contributed by atoms with E-state index in [9.17, 15) is 0 Å². The zero-order valence-corrected chi connectivity index (χ0v) is 21.5. The fraction of sp³-hybridized carbons (Fsp3) is 0.333. The number of benzene rings is 3. The van der Waals surface area contributed by atoms with Gasteiger partial charge in [0.25, 0.3) is 0 Å². The number of hydrogen-bond acceptors (Lipinski definition) is 3. The van der Waals surface area contributed by atoms with Crippen molar-refractivity contribution in [1.29, 1.82) is 0 Å². The molecule has 163 valence electrons. The molecular formula is C27H36N3Si. The summed E-state index contributed by atoms with van der Waals surface area (Å²) in [6.45, 7) is 6.85. The smallest absolute Gasteiger partial charge is 0.155 e. The zero-order chi connectivity index (χ0) is 22.9. The van der Waals surface area contributed by atoms with Crippen LogP contribution >= 0.6 is 0 Å². The third-order valence-electron chi connectivity index (χ3n) is 6.17. The molecule has 0 amide bonds. The standard InChI is InChI=1S/C27H36N3Si/c1-19-22(28(4)5)13-10-16-25(19)31(26-17-11-14-23(20(26)2)29(6)7)27-18-12-15-24(21(27)3)30(8)9/h10-18H,1-9H3. The Kier molecular flexibility index (Phi) is 6.80. The quantitative estimate of drug-likeness (QED) is 0.439. The Morgan fingerprint density at radius 3 is 0.935 bits per heavy atom. The molecule has 31 heavy (non-hydrogen) atoms. The predicted octanol–water partition coefficient (Wildman–Crippen LogP) is 3.33. The minimum Gasteiger partial charge on any atom is -0.377 e. The lowest BCUT2D eigenvalue weighted by atomic mass is 10.2. The van der Waals surface area contributed by atoms with Gasteiger partial charge in [0.05, 0.1) is 0 Å². The first-order valence-electron chi connectivity index (χ1n) is 10.8. The molecule has 4 heteroatoms. The molecule has 0 spiro atoms. The second-order valence-corrected chi connectivity index (χ2v) is 11.3. The normalized spacial score (nSPS) is 11.0. The van der Waals surface area contributed by atoms with Crippen molar-refractivity contribution < 1.29 is 0 Å². The molecule has 0 atom stereocenters. The first kappa shape index (κ1) is 23.0. The third-order valence-corrected chi connectivity index (χ3v) is 9.41. The minimum atomic E-state index is -1.21.